The number of aliphatic hydroxyl groups is 1. The van der Waals surface area contributed by atoms with Crippen LogP contribution in [0.15, 0.2) is 0 Å². The van der Waals surface area contributed by atoms with Gasteiger partial charge in [-0.3, -0.25) is 0 Å². The highest BCUT2D eigenvalue weighted by molar-refractivity contribution is 4.87. The van der Waals surface area contributed by atoms with E-state index in [2.05, 4.69) is 25.8 Å². The Morgan fingerprint density at radius 3 is 2.36 bits per heavy atom. The summed E-state index contributed by atoms with van der Waals surface area (Å²) in [5.41, 5.74) is 0.220. The van der Waals surface area contributed by atoms with Crippen molar-refractivity contribution in [3.8, 4) is 0 Å². The van der Waals surface area contributed by atoms with E-state index in [0.29, 0.717) is 12.6 Å². The van der Waals surface area contributed by atoms with Crippen LogP contribution in [0.4, 0.5) is 0 Å². The number of hydrogen-bond donors (Lipinski definition) is 1. The van der Waals surface area contributed by atoms with Crippen LogP contribution >= 0.6 is 0 Å². The molecule has 1 rings (SSSR count). The lowest BCUT2D eigenvalue weighted by Gasteiger charge is -2.34. The minimum atomic E-state index is 0.220. The van der Waals surface area contributed by atoms with Crippen LogP contribution in [-0.2, 0) is 0 Å². The molecule has 0 amide bonds. The molecule has 1 saturated carbocycles. The van der Waals surface area contributed by atoms with Crippen molar-refractivity contribution >= 4 is 0 Å². The van der Waals surface area contributed by atoms with Gasteiger partial charge in [-0.15, -0.1) is 0 Å². The molecule has 1 fully saturated rings. The summed E-state index contributed by atoms with van der Waals surface area (Å²) in [6, 6.07) is 0.638. The molecule has 0 radical (unpaired) electrons. The fourth-order valence-electron chi connectivity index (χ4n) is 2.49. The molecule has 0 saturated heterocycles. The number of rotatable bonds is 5. The third-order valence-corrected chi connectivity index (χ3v) is 3.93. The van der Waals surface area contributed by atoms with Crippen molar-refractivity contribution in [2.24, 2.45) is 5.41 Å². The molecule has 2 heteroatoms. The standard InChI is InChI=1S/C12H25NO/c1-4-11(2)13(3)9-12(10-14)7-5-6-8-12/h11,14H,4-10H2,1-3H3. The van der Waals surface area contributed by atoms with Crippen molar-refractivity contribution < 1.29 is 5.11 Å². The maximum atomic E-state index is 9.49. The van der Waals surface area contributed by atoms with Crippen molar-refractivity contribution in [1.29, 1.82) is 0 Å². The molecule has 1 N–H and O–H groups in total. The van der Waals surface area contributed by atoms with Gasteiger partial charge in [0.1, 0.15) is 0 Å². The number of aliphatic hydroxyl groups excluding tert-OH is 1. The van der Waals surface area contributed by atoms with Crippen LogP contribution in [-0.4, -0.2) is 36.2 Å². The molecule has 0 aromatic rings. The van der Waals surface area contributed by atoms with Crippen molar-refractivity contribution in [3.63, 3.8) is 0 Å². The zero-order valence-electron chi connectivity index (χ0n) is 9.92. The van der Waals surface area contributed by atoms with E-state index in [1.165, 1.54) is 32.1 Å². The van der Waals surface area contributed by atoms with E-state index in [1.54, 1.807) is 0 Å². The van der Waals surface area contributed by atoms with E-state index in [0.717, 1.165) is 6.54 Å². The minimum Gasteiger partial charge on any atom is -0.396 e. The van der Waals surface area contributed by atoms with E-state index in [4.69, 9.17) is 0 Å². The Morgan fingerprint density at radius 1 is 1.36 bits per heavy atom. The number of hydrogen-bond acceptors (Lipinski definition) is 2. The minimum absolute atomic E-state index is 0.220. The lowest BCUT2D eigenvalue weighted by Crippen LogP contribution is -2.40. The van der Waals surface area contributed by atoms with Crippen LogP contribution < -0.4 is 0 Å². The lowest BCUT2D eigenvalue weighted by atomic mass is 9.86. The van der Waals surface area contributed by atoms with Gasteiger partial charge in [0.25, 0.3) is 0 Å². The van der Waals surface area contributed by atoms with Crippen LogP contribution in [0.5, 0.6) is 0 Å². The quantitative estimate of drug-likeness (QED) is 0.734. The van der Waals surface area contributed by atoms with E-state index < -0.39 is 0 Å². The molecule has 1 aliphatic carbocycles. The van der Waals surface area contributed by atoms with Gasteiger partial charge in [0.2, 0.25) is 0 Å². The Morgan fingerprint density at radius 2 is 1.93 bits per heavy atom. The molecular formula is C12H25NO. The predicted octanol–water partition coefficient (Wildman–Crippen LogP) is 2.27. The third kappa shape index (κ3) is 2.71. The predicted molar refractivity (Wildman–Crippen MR) is 60.4 cm³/mol. The summed E-state index contributed by atoms with van der Waals surface area (Å²) in [5, 5.41) is 9.49. The van der Waals surface area contributed by atoms with Gasteiger partial charge in [0, 0.05) is 24.6 Å². The summed E-state index contributed by atoms with van der Waals surface area (Å²) in [7, 11) is 2.18. The molecule has 0 spiro atoms. The molecular weight excluding hydrogens is 174 g/mol. The summed E-state index contributed by atoms with van der Waals surface area (Å²) >= 11 is 0. The van der Waals surface area contributed by atoms with Gasteiger partial charge < -0.3 is 10.0 Å². The van der Waals surface area contributed by atoms with Crippen molar-refractivity contribution in [2.75, 3.05) is 20.2 Å². The molecule has 0 aliphatic heterocycles. The first-order valence-electron chi connectivity index (χ1n) is 5.94. The van der Waals surface area contributed by atoms with E-state index >= 15 is 0 Å². The maximum Gasteiger partial charge on any atom is 0.0499 e. The summed E-state index contributed by atoms with van der Waals surface area (Å²) in [5.74, 6) is 0. The van der Waals surface area contributed by atoms with Gasteiger partial charge in [-0.1, -0.05) is 19.8 Å². The second-order valence-electron chi connectivity index (χ2n) is 5.04. The summed E-state index contributed by atoms with van der Waals surface area (Å²) < 4.78 is 0. The van der Waals surface area contributed by atoms with Gasteiger partial charge in [-0.25, -0.2) is 0 Å². The molecule has 1 atom stereocenters. The average Bonchev–Trinajstić information content (AvgIpc) is 2.65. The fourth-order valence-corrected chi connectivity index (χ4v) is 2.49. The van der Waals surface area contributed by atoms with Crippen molar-refractivity contribution in [2.45, 2.75) is 52.0 Å². The molecule has 2 nitrogen and oxygen atoms in total. The van der Waals surface area contributed by atoms with Gasteiger partial charge in [-0.2, -0.15) is 0 Å². The van der Waals surface area contributed by atoms with Crippen LogP contribution in [0.25, 0.3) is 0 Å². The fraction of sp³-hybridized carbons (Fsp3) is 1.00. The first-order valence-corrected chi connectivity index (χ1v) is 5.94. The molecule has 0 aromatic heterocycles. The highest BCUT2D eigenvalue weighted by Gasteiger charge is 2.34. The van der Waals surface area contributed by atoms with Gasteiger partial charge in [0.15, 0.2) is 0 Å². The Balaban J connectivity index is 2.47. The van der Waals surface area contributed by atoms with Crippen molar-refractivity contribution in [3.05, 3.63) is 0 Å². The Kier molecular flexibility index (Phi) is 4.39. The highest BCUT2D eigenvalue weighted by Crippen LogP contribution is 2.38. The lowest BCUT2D eigenvalue weighted by molar-refractivity contribution is 0.0739. The van der Waals surface area contributed by atoms with Crippen LogP contribution in [0.3, 0.4) is 0 Å². The largest absolute Gasteiger partial charge is 0.396 e. The van der Waals surface area contributed by atoms with Crippen LogP contribution in [0.1, 0.15) is 46.0 Å². The maximum absolute atomic E-state index is 9.49. The summed E-state index contributed by atoms with van der Waals surface area (Å²) in [4.78, 5) is 2.40. The van der Waals surface area contributed by atoms with E-state index in [-0.39, 0.29) is 5.41 Å². The van der Waals surface area contributed by atoms with Gasteiger partial charge in [-0.05, 0) is 33.2 Å². The average molecular weight is 199 g/mol. The molecule has 14 heavy (non-hydrogen) atoms. The molecule has 0 bridgehead atoms. The third-order valence-electron chi connectivity index (χ3n) is 3.93. The smallest absolute Gasteiger partial charge is 0.0499 e. The zero-order chi connectivity index (χ0) is 10.6. The van der Waals surface area contributed by atoms with Gasteiger partial charge in [0.05, 0.1) is 0 Å². The summed E-state index contributed by atoms with van der Waals surface area (Å²) in [6.45, 7) is 5.92. The van der Waals surface area contributed by atoms with Crippen molar-refractivity contribution in [1.82, 2.24) is 4.90 Å². The summed E-state index contributed by atoms with van der Waals surface area (Å²) in [6.07, 6.45) is 6.22. The monoisotopic (exact) mass is 199 g/mol. The van der Waals surface area contributed by atoms with Gasteiger partial charge >= 0.3 is 0 Å². The first kappa shape index (κ1) is 12.0. The molecule has 1 unspecified atom stereocenters. The Hall–Kier alpha value is -0.0800. The molecule has 0 aromatic carbocycles. The number of nitrogens with zero attached hydrogens (tertiary/aromatic N) is 1. The molecule has 84 valence electrons. The van der Waals surface area contributed by atoms with E-state index in [1.807, 2.05) is 0 Å². The first-order chi connectivity index (χ1) is 6.63. The Bertz CT molecular complexity index is 164. The molecule has 0 heterocycles. The van der Waals surface area contributed by atoms with Crippen LogP contribution in [0.2, 0.25) is 0 Å². The van der Waals surface area contributed by atoms with Crippen LogP contribution in [0, 0.1) is 5.41 Å². The Labute approximate surface area is 88.3 Å². The zero-order valence-corrected chi connectivity index (χ0v) is 9.92. The van der Waals surface area contributed by atoms with E-state index in [9.17, 15) is 5.11 Å². The topological polar surface area (TPSA) is 23.5 Å². The second-order valence-corrected chi connectivity index (χ2v) is 5.04. The molecule has 1 aliphatic rings. The SMILES string of the molecule is CCC(C)N(C)CC1(CO)CCCC1. The normalized spacial score (nSPS) is 22.9. The second kappa shape index (κ2) is 5.13. The highest BCUT2D eigenvalue weighted by atomic mass is 16.3.